The minimum atomic E-state index is -5.08. The minimum Gasteiger partial charge on any atom is -0.480 e. The Bertz CT molecular complexity index is 979. The van der Waals surface area contributed by atoms with E-state index in [-0.39, 0.29) is 18.1 Å². The van der Waals surface area contributed by atoms with Crippen LogP contribution in [0.5, 0.6) is 5.88 Å². The summed E-state index contributed by atoms with van der Waals surface area (Å²) < 4.78 is 74.5. The summed E-state index contributed by atoms with van der Waals surface area (Å²) in [7, 11) is 3.36. The summed E-state index contributed by atoms with van der Waals surface area (Å²) in [5.41, 5.74) is 0.556. The molecule has 0 aromatic carbocycles. The van der Waals surface area contributed by atoms with Gasteiger partial charge in [0.15, 0.2) is 0 Å². The van der Waals surface area contributed by atoms with Crippen LogP contribution in [0.1, 0.15) is 29.6 Å². The Balaban J connectivity index is 0.000000317. The molecule has 0 radical (unpaired) electrons. The first-order chi connectivity index (χ1) is 18.1. The fraction of sp³-hybridized carbons (Fsp3) is 0.652. The number of alkyl halides is 6. The van der Waals surface area contributed by atoms with Crippen molar-refractivity contribution in [3.05, 3.63) is 23.9 Å². The molecule has 0 bridgehead atoms. The van der Waals surface area contributed by atoms with Crippen LogP contribution < -0.4 is 4.74 Å². The van der Waals surface area contributed by atoms with E-state index in [1.165, 1.54) is 19.4 Å². The molecule has 1 saturated carbocycles. The van der Waals surface area contributed by atoms with E-state index in [1.807, 2.05) is 11.0 Å². The van der Waals surface area contributed by atoms with E-state index < -0.39 is 24.3 Å². The number of fused-ring (bicyclic) bond motifs is 1. The zero-order chi connectivity index (χ0) is 29.5. The molecule has 1 aromatic rings. The molecule has 39 heavy (non-hydrogen) atoms. The molecule has 220 valence electrons. The Morgan fingerprint density at radius 2 is 1.56 bits per heavy atom. The van der Waals surface area contributed by atoms with Crippen molar-refractivity contribution in [3.8, 4) is 5.88 Å². The molecule has 2 aliphatic heterocycles. The van der Waals surface area contributed by atoms with E-state index in [4.69, 9.17) is 29.3 Å². The number of aliphatic carboxylic acids is 2. The highest BCUT2D eigenvalue weighted by Gasteiger charge is 2.47. The van der Waals surface area contributed by atoms with Crippen LogP contribution in [0.2, 0.25) is 0 Å². The lowest BCUT2D eigenvalue weighted by molar-refractivity contribution is -0.193. The number of carbonyl (C=O) groups is 3. The summed E-state index contributed by atoms with van der Waals surface area (Å²) in [6, 6.07) is 3.82. The second kappa shape index (κ2) is 13.3. The molecule has 0 unspecified atom stereocenters. The van der Waals surface area contributed by atoms with Gasteiger partial charge in [0.05, 0.1) is 19.3 Å². The SMILES string of the molecule is COc1ncccc1C(=O)N1CC[C@@H](OC)[C@H]2CN(CC3CC3)C[C@H]21.O=C(O)C(F)(F)F.O=C(O)C(F)(F)F. The van der Waals surface area contributed by atoms with Crippen molar-refractivity contribution in [2.45, 2.75) is 43.8 Å². The third kappa shape index (κ3) is 9.23. The Morgan fingerprint density at radius 1 is 1.00 bits per heavy atom. The van der Waals surface area contributed by atoms with Gasteiger partial charge in [0, 0.05) is 45.4 Å². The predicted octanol–water partition coefficient (Wildman–Crippen LogP) is 2.93. The fourth-order valence-corrected chi connectivity index (χ4v) is 4.47. The van der Waals surface area contributed by atoms with Gasteiger partial charge in [-0.05, 0) is 37.3 Å². The van der Waals surface area contributed by atoms with Crippen LogP contribution in [0.25, 0.3) is 0 Å². The first-order valence-corrected chi connectivity index (χ1v) is 11.7. The summed E-state index contributed by atoms with van der Waals surface area (Å²) in [6.07, 6.45) is -4.66. The number of carboxylic acids is 2. The molecule has 2 saturated heterocycles. The van der Waals surface area contributed by atoms with Crippen molar-refractivity contribution >= 4 is 17.8 Å². The lowest BCUT2D eigenvalue weighted by Gasteiger charge is -2.41. The lowest BCUT2D eigenvalue weighted by atomic mass is 9.88. The van der Waals surface area contributed by atoms with E-state index in [0.717, 1.165) is 32.0 Å². The number of aromatic nitrogens is 1. The molecular weight excluding hydrogens is 544 g/mol. The van der Waals surface area contributed by atoms with Crippen LogP contribution in [-0.2, 0) is 14.3 Å². The van der Waals surface area contributed by atoms with Gasteiger partial charge in [0.25, 0.3) is 5.91 Å². The third-order valence-corrected chi connectivity index (χ3v) is 6.40. The maximum Gasteiger partial charge on any atom is 0.490 e. The molecule has 3 fully saturated rings. The number of hydrogen-bond donors (Lipinski definition) is 2. The van der Waals surface area contributed by atoms with Gasteiger partial charge in [-0.1, -0.05) is 0 Å². The highest BCUT2D eigenvalue weighted by molar-refractivity contribution is 5.96. The van der Waals surface area contributed by atoms with Crippen LogP contribution in [-0.4, -0.2) is 108 Å². The number of likely N-dealkylation sites (tertiary alicyclic amines) is 2. The molecule has 0 spiro atoms. The zero-order valence-electron chi connectivity index (χ0n) is 21.0. The number of pyridine rings is 1. The van der Waals surface area contributed by atoms with E-state index in [0.29, 0.717) is 17.4 Å². The van der Waals surface area contributed by atoms with Gasteiger partial charge in [-0.15, -0.1) is 0 Å². The summed E-state index contributed by atoms with van der Waals surface area (Å²) in [5, 5.41) is 14.2. The third-order valence-electron chi connectivity index (χ3n) is 6.40. The van der Waals surface area contributed by atoms with Crippen molar-refractivity contribution in [3.63, 3.8) is 0 Å². The average molecular weight is 573 g/mol. The second-order valence-electron chi connectivity index (χ2n) is 9.12. The van der Waals surface area contributed by atoms with Crippen molar-refractivity contribution < 1.29 is 60.4 Å². The molecule has 3 aliphatic rings. The van der Waals surface area contributed by atoms with Crippen LogP contribution in [0, 0.1) is 11.8 Å². The largest absolute Gasteiger partial charge is 0.490 e. The number of amides is 1. The molecule has 4 rings (SSSR count). The van der Waals surface area contributed by atoms with Crippen LogP contribution in [0.3, 0.4) is 0 Å². The predicted molar refractivity (Wildman–Crippen MR) is 121 cm³/mol. The molecular formula is C23H29F6N3O7. The van der Waals surface area contributed by atoms with Gasteiger partial charge in [-0.25, -0.2) is 14.6 Å². The molecule has 1 aliphatic carbocycles. The Hall–Kier alpha value is -3.14. The molecule has 1 aromatic heterocycles. The smallest absolute Gasteiger partial charge is 0.480 e. The topological polar surface area (TPSA) is 130 Å². The van der Waals surface area contributed by atoms with Gasteiger partial charge < -0.3 is 29.5 Å². The molecule has 16 heteroatoms. The average Bonchev–Trinajstić information content (AvgIpc) is 3.57. The fourth-order valence-electron chi connectivity index (χ4n) is 4.47. The molecule has 10 nitrogen and oxygen atoms in total. The number of ether oxygens (including phenoxy) is 2. The number of halogens is 6. The summed E-state index contributed by atoms with van der Waals surface area (Å²) in [4.78, 5) is 39.8. The van der Waals surface area contributed by atoms with Crippen molar-refractivity contribution in [2.75, 3.05) is 40.4 Å². The van der Waals surface area contributed by atoms with E-state index in [1.54, 1.807) is 26.5 Å². The number of nitrogens with zero attached hydrogens (tertiary/aromatic N) is 3. The summed E-state index contributed by atoms with van der Waals surface area (Å²) >= 11 is 0. The minimum absolute atomic E-state index is 0.0303. The maximum atomic E-state index is 13.2. The van der Waals surface area contributed by atoms with Crippen molar-refractivity contribution in [2.24, 2.45) is 11.8 Å². The van der Waals surface area contributed by atoms with Crippen LogP contribution in [0.4, 0.5) is 26.3 Å². The number of methoxy groups -OCH3 is 2. The maximum absolute atomic E-state index is 13.2. The number of rotatable bonds is 5. The number of carbonyl (C=O) groups excluding carboxylic acids is 1. The van der Waals surface area contributed by atoms with E-state index in [2.05, 4.69) is 9.88 Å². The normalized spacial score (nSPS) is 23.0. The molecule has 1 amide bonds. The first-order valence-electron chi connectivity index (χ1n) is 11.7. The van der Waals surface area contributed by atoms with Crippen LogP contribution in [0.15, 0.2) is 18.3 Å². The monoisotopic (exact) mass is 573 g/mol. The summed E-state index contributed by atoms with van der Waals surface area (Å²) in [5.74, 6) is -3.82. The van der Waals surface area contributed by atoms with E-state index in [9.17, 15) is 31.1 Å². The van der Waals surface area contributed by atoms with Gasteiger partial charge in [0.1, 0.15) is 5.56 Å². The molecule has 2 N–H and O–H groups in total. The standard InChI is InChI=1S/C19H27N3O3.2C2HF3O2/c1-24-17-7-9-22(19(23)14-4-3-8-20-18(14)25-2)16-12-21(11-15(16)17)10-13-5-6-13;2*3-2(4,5)1(6)7/h3-4,8,13,15-17H,5-7,9-12H2,1-2H3;2*(H,6,7)/t15-,16+,17+;;/m0../s1. The lowest BCUT2D eigenvalue weighted by Crippen LogP contribution is -2.53. The number of carboxylic acid groups (broad SMARTS) is 2. The number of piperidine rings is 1. The van der Waals surface area contributed by atoms with Gasteiger partial charge in [0.2, 0.25) is 5.88 Å². The van der Waals surface area contributed by atoms with Gasteiger partial charge in [-0.2, -0.15) is 26.3 Å². The zero-order valence-corrected chi connectivity index (χ0v) is 21.0. The van der Waals surface area contributed by atoms with Gasteiger partial charge >= 0.3 is 24.3 Å². The first kappa shape index (κ1) is 32.1. The Labute approximate surface area is 219 Å². The second-order valence-corrected chi connectivity index (χ2v) is 9.12. The summed E-state index contributed by atoms with van der Waals surface area (Å²) in [6.45, 7) is 3.89. The molecule has 3 heterocycles. The number of hydrogen-bond acceptors (Lipinski definition) is 7. The highest BCUT2D eigenvalue weighted by Crippen LogP contribution is 2.37. The van der Waals surface area contributed by atoms with E-state index >= 15 is 0 Å². The highest BCUT2D eigenvalue weighted by atomic mass is 19.4. The van der Waals surface area contributed by atoms with Crippen molar-refractivity contribution in [1.82, 2.24) is 14.8 Å². The Kier molecular flexibility index (Phi) is 10.9. The Morgan fingerprint density at radius 3 is 2.03 bits per heavy atom. The quantitative estimate of drug-likeness (QED) is 0.511. The van der Waals surface area contributed by atoms with Gasteiger partial charge in [-0.3, -0.25) is 4.79 Å². The van der Waals surface area contributed by atoms with Crippen LogP contribution >= 0.6 is 0 Å². The molecule has 3 atom stereocenters. The van der Waals surface area contributed by atoms with Crippen molar-refractivity contribution in [1.29, 1.82) is 0 Å².